The van der Waals surface area contributed by atoms with Crippen molar-refractivity contribution in [1.29, 1.82) is 0 Å². The molecule has 1 aromatic carbocycles. The predicted octanol–water partition coefficient (Wildman–Crippen LogP) is 2.51. The summed E-state index contributed by atoms with van der Waals surface area (Å²) >= 11 is 0. The molecule has 1 amide bonds. The second kappa shape index (κ2) is 9.01. The molecule has 1 saturated carbocycles. The summed E-state index contributed by atoms with van der Waals surface area (Å²) in [6.07, 6.45) is 3.41. The summed E-state index contributed by atoms with van der Waals surface area (Å²) in [6, 6.07) is 8.13. The Labute approximate surface area is 139 Å². The average molecular weight is 327 g/mol. The van der Waals surface area contributed by atoms with Crippen LogP contribution in [-0.4, -0.2) is 44.1 Å². The van der Waals surface area contributed by atoms with Gasteiger partial charge in [0.15, 0.2) is 0 Å². The van der Waals surface area contributed by atoms with Crippen molar-refractivity contribution in [3.8, 4) is 5.75 Å². The van der Waals surface area contributed by atoms with Gasteiger partial charge >= 0.3 is 0 Å². The van der Waals surface area contributed by atoms with Crippen molar-refractivity contribution in [2.45, 2.75) is 32.2 Å². The fraction of sp³-hybridized carbons (Fsp3) is 0.588. The van der Waals surface area contributed by atoms with E-state index in [1.54, 1.807) is 7.11 Å². The third-order valence-corrected chi connectivity index (χ3v) is 4.17. The van der Waals surface area contributed by atoms with Crippen LogP contribution in [0.4, 0.5) is 0 Å². The molecule has 1 aliphatic carbocycles. The van der Waals surface area contributed by atoms with Crippen LogP contribution in [0.2, 0.25) is 0 Å². The van der Waals surface area contributed by atoms with E-state index >= 15 is 0 Å². The molecule has 2 rings (SSSR count). The number of rotatable bonds is 8. The number of hydrogen-bond donors (Lipinski definition) is 1. The van der Waals surface area contributed by atoms with Crippen LogP contribution in [0.15, 0.2) is 24.3 Å². The molecular weight excluding hydrogens is 300 g/mol. The van der Waals surface area contributed by atoms with Gasteiger partial charge < -0.3 is 15.0 Å². The normalized spacial score (nSPS) is 14.9. The van der Waals surface area contributed by atoms with E-state index in [1.165, 1.54) is 12.8 Å². The molecule has 1 fully saturated rings. The number of halogens is 1. The molecule has 1 aromatic rings. The van der Waals surface area contributed by atoms with Crippen LogP contribution in [0.5, 0.6) is 5.75 Å². The number of benzene rings is 1. The molecule has 124 valence electrons. The lowest BCUT2D eigenvalue weighted by molar-refractivity contribution is -0.130. The van der Waals surface area contributed by atoms with Gasteiger partial charge in [-0.15, -0.1) is 12.4 Å². The molecule has 1 unspecified atom stereocenters. The highest BCUT2D eigenvalue weighted by Crippen LogP contribution is 2.27. The van der Waals surface area contributed by atoms with Gasteiger partial charge in [-0.05, 0) is 50.3 Å². The van der Waals surface area contributed by atoms with Crippen LogP contribution in [0.25, 0.3) is 0 Å². The largest absolute Gasteiger partial charge is 0.496 e. The number of nitrogens with one attached hydrogen (secondary N) is 1. The van der Waals surface area contributed by atoms with Crippen LogP contribution in [0, 0.1) is 5.92 Å². The lowest BCUT2D eigenvalue weighted by atomic mass is 10.1. The number of para-hydroxylation sites is 1. The smallest absolute Gasteiger partial charge is 0.236 e. The minimum atomic E-state index is 0. The molecule has 1 N–H and O–H groups in total. The van der Waals surface area contributed by atoms with E-state index in [0.717, 1.165) is 30.2 Å². The van der Waals surface area contributed by atoms with Crippen LogP contribution >= 0.6 is 12.4 Å². The van der Waals surface area contributed by atoms with E-state index in [-0.39, 0.29) is 24.4 Å². The molecule has 1 aliphatic rings. The molecule has 4 nitrogen and oxygen atoms in total. The van der Waals surface area contributed by atoms with E-state index in [9.17, 15) is 4.79 Å². The van der Waals surface area contributed by atoms with Gasteiger partial charge in [-0.2, -0.15) is 0 Å². The summed E-state index contributed by atoms with van der Waals surface area (Å²) < 4.78 is 5.37. The van der Waals surface area contributed by atoms with Gasteiger partial charge in [0.05, 0.1) is 13.7 Å². The topological polar surface area (TPSA) is 41.6 Å². The zero-order valence-electron chi connectivity index (χ0n) is 13.7. The summed E-state index contributed by atoms with van der Waals surface area (Å²) in [5.74, 6) is 1.84. The monoisotopic (exact) mass is 326 g/mol. The first-order chi connectivity index (χ1) is 10.1. The molecule has 0 bridgehead atoms. The van der Waals surface area contributed by atoms with Gasteiger partial charge in [-0.1, -0.05) is 18.2 Å². The maximum absolute atomic E-state index is 12.2. The van der Waals surface area contributed by atoms with Crippen molar-refractivity contribution in [2.75, 3.05) is 27.2 Å². The van der Waals surface area contributed by atoms with Crippen molar-refractivity contribution in [1.82, 2.24) is 10.2 Å². The van der Waals surface area contributed by atoms with Gasteiger partial charge in [0.1, 0.15) is 5.75 Å². The Hall–Kier alpha value is -1.26. The quantitative estimate of drug-likeness (QED) is 0.798. The second-order valence-electron chi connectivity index (χ2n) is 5.94. The Morgan fingerprint density at radius 2 is 2.09 bits per heavy atom. The molecule has 22 heavy (non-hydrogen) atoms. The Bertz CT molecular complexity index is 477. The number of methoxy groups -OCH3 is 1. The van der Waals surface area contributed by atoms with Gasteiger partial charge in [0.2, 0.25) is 5.91 Å². The number of hydrogen-bond acceptors (Lipinski definition) is 3. The Morgan fingerprint density at radius 1 is 1.41 bits per heavy atom. The highest BCUT2D eigenvalue weighted by Gasteiger charge is 2.22. The number of carbonyl (C=O) groups is 1. The van der Waals surface area contributed by atoms with Gasteiger partial charge in [-0.25, -0.2) is 0 Å². The Balaban J connectivity index is 0.00000242. The van der Waals surface area contributed by atoms with E-state index < -0.39 is 0 Å². The van der Waals surface area contributed by atoms with Crippen molar-refractivity contribution < 1.29 is 9.53 Å². The molecule has 0 radical (unpaired) electrons. The molecule has 0 aromatic heterocycles. The van der Waals surface area contributed by atoms with Crippen molar-refractivity contribution in [2.24, 2.45) is 5.92 Å². The lowest BCUT2D eigenvalue weighted by Gasteiger charge is -2.26. The first-order valence-corrected chi connectivity index (χ1v) is 7.70. The van der Waals surface area contributed by atoms with Crippen LogP contribution in [0.1, 0.15) is 25.3 Å². The standard InChI is InChI=1S/C17H26N2O2.ClH/c1-13(10-15-6-4-5-7-16(15)21-3)19(2)17(20)12-18-11-14-8-9-14;/h4-7,13-14,18H,8-12H2,1-3H3;1H. The van der Waals surface area contributed by atoms with Gasteiger partial charge in [0.25, 0.3) is 0 Å². The summed E-state index contributed by atoms with van der Waals surface area (Å²) in [7, 11) is 3.56. The summed E-state index contributed by atoms with van der Waals surface area (Å²) in [5.41, 5.74) is 1.14. The Kier molecular flexibility index (Phi) is 7.69. The highest BCUT2D eigenvalue weighted by molar-refractivity contribution is 5.85. The van der Waals surface area contributed by atoms with E-state index in [4.69, 9.17) is 4.74 Å². The number of likely N-dealkylation sites (N-methyl/N-ethyl adjacent to an activating group) is 1. The minimum absolute atomic E-state index is 0. The summed E-state index contributed by atoms with van der Waals surface area (Å²) in [5, 5.41) is 3.25. The number of amides is 1. The molecule has 0 aliphatic heterocycles. The second-order valence-corrected chi connectivity index (χ2v) is 5.94. The summed E-state index contributed by atoms with van der Waals surface area (Å²) in [4.78, 5) is 14.0. The molecule has 0 heterocycles. The molecule has 0 saturated heterocycles. The van der Waals surface area contributed by atoms with Crippen molar-refractivity contribution in [3.63, 3.8) is 0 Å². The highest BCUT2D eigenvalue weighted by atomic mass is 35.5. The van der Waals surface area contributed by atoms with Crippen LogP contribution in [-0.2, 0) is 11.2 Å². The molecule has 0 spiro atoms. The third kappa shape index (κ3) is 5.50. The number of nitrogens with zero attached hydrogens (tertiary/aromatic N) is 1. The van der Waals surface area contributed by atoms with Crippen LogP contribution in [0.3, 0.4) is 0 Å². The van der Waals surface area contributed by atoms with E-state index in [0.29, 0.717) is 6.54 Å². The van der Waals surface area contributed by atoms with Gasteiger partial charge in [-0.3, -0.25) is 4.79 Å². The third-order valence-electron chi connectivity index (χ3n) is 4.17. The van der Waals surface area contributed by atoms with E-state index in [1.807, 2.05) is 30.1 Å². The van der Waals surface area contributed by atoms with Crippen molar-refractivity contribution in [3.05, 3.63) is 29.8 Å². The minimum Gasteiger partial charge on any atom is -0.496 e. The first kappa shape index (κ1) is 18.8. The summed E-state index contributed by atoms with van der Waals surface area (Å²) in [6.45, 7) is 3.48. The fourth-order valence-electron chi connectivity index (χ4n) is 2.40. The molecular formula is C17H27ClN2O2. The number of ether oxygens (including phenoxy) is 1. The zero-order chi connectivity index (χ0) is 15.2. The zero-order valence-corrected chi connectivity index (χ0v) is 14.5. The lowest BCUT2D eigenvalue weighted by Crippen LogP contribution is -2.42. The predicted molar refractivity (Wildman–Crippen MR) is 91.8 cm³/mol. The molecule has 1 atom stereocenters. The average Bonchev–Trinajstić information content (AvgIpc) is 3.31. The Morgan fingerprint density at radius 3 is 2.73 bits per heavy atom. The van der Waals surface area contributed by atoms with Gasteiger partial charge in [0, 0.05) is 13.1 Å². The SMILES string of the molecule is COc1ccccc1CC(C)N(C)C(=O)CNCC1CC1.Cl. The van der Waals surface area contributed by atoms with Crippen LogP contribution < -0.4 is 10.1 Å². The fourth-order valence-corrected chi connectivity index (χ4v) is 2.40. The maximum Gasteiger partial charge on any atom is 0.236 e. The van der Waals surface area contributed by atoms with E-state index in [2.05, 4.69) is 18.3 Å². The first-order valence-electron chi connectivity index (χ1n) is 7.70. The molecule has 5 heteroatoms. The maximum atomic E-state index is 12.2. The number of carbonyl (C=O) groups excluding carboxylic acids is 1. The van der Waals surface area contributed by atoms with Crippen molar-refractivity contribution >= 4 is 18.3 Å².